The highest BCUT2D eigenvalue weighted by Gasteiger charge is 2.43. The maximum atomic E-state index is 10.2. The highest BCUT2D eigenvalue weighted by atomic mass is 16.3. The van der Waals surface area contributed by atoms with E-state index in [0.717, 1.165) is 0 Å². The lowest BCUT2D eigenvalue weighted by Gasteiger charge is -2.48. The fraction of sp³-hybridized carbons (Fsp3) is 0.750. The molecule has 0 unspecified atom stereocenters. The molecular formula is C12H22N6O. The molecule has 0 bridgehead atoms. The first-order chi connectivity index (χ1) is 8.80. The zero-order chi connectivity index (χ0) is 14.2. The van der Waals surface area contributed by atoms with Gasteiger partial charge in [0, 0.05) is 27.2 Å². The Kier molecular flexibility index (Phi) is 3.60. The van der Waals surface area contributed by atoms with Crippen molar-refractivity contribution >= 4 is 11.9 Å². The summed E-state index contributed by atoms with van der Waals surface area (Å²) in [6, 6.07) is 0. The number of nitrogens with zero attached hydrogens (tertiary/aromatic N) is 5. The van der Waals surface area contributed by atoms with Crippen LogP contribution in [-0.2, 0) is 6.54 Å². The smallest absolute Gasteiger partial charge is 0.229 e. The zero-order valence-corrected chi connectivity index (χ0v) is 12.0. The molecule has 0 radical (unpaired) electrons. The number of aromatic nitrogens is 3. The van der Waals surface area contributed by atoms with Gasteiger partial charge < -0.3 is 15.7 Å². The van der Waals surface area contributed by atoms with E-state index in [0.29, 0.717) is 31.4 Å². The van der Waals surface area contributed by atoms with Gasteiger partial charge in [-0.15, -0.1) is 0 Å². The number of rotatable bonds is 4. The van der Waals surface area contributed by atoms with E-state index in [1.54, 1.807) is 4.90 Å². The molecule has 19 heavy (non-hydrogen) atoms. The van der Waals surface area contributed by atoms with Crippen LogP contribution in [0.25, 0.3) is 0 Å². The molecule has 0 atom stereocenters. The molecular weight excluding hydrogens is 244 g/mol. The first-order valence-electron chi connectivity index (χ1n) is 6.42. The van der Waals surface area contributed by atoms with Gasteiger partial charge in [0.05, 0.1) is 12.1 Å². The zero-order valence-electron chi connectivity index (χ0n) is 12.0. The number of likely N-dealkylation sites (tertiary alicyclic amines) is 1. The Balaban J connectivity index is 2.02. The summed E-state index contributed by atoms with van der Waals surface area (Å²) in [4.78, 5) is 16.4. The van der Waals surface area contributed by atoms with Crippen LogP contribution in [0, 0.1) is 5.92 Å². The average Bonchev–Trinajstić information content (AvgIpc) is 2.25. The Morgan fingerprint density at radius 3 is 2.47 bits per heavy atom. The van der Waals surface area contributed by atoms with Crippen molar-refractivity contribution in [3.05, 3.63) is 5.82 Å². The summed E-state index contributed by atoms with van der Waals surface area (Å²) in [7, 11) is 3.72. The van der Waals surface area contributed by atoms with Crippen LogP contribution in [0.1, 0.15) is 19.7 Å². The first kappa shape index (κ1) is 14.0. The maximum Gasteiger partial charge on any atom is 0.229 e. The number of hydrogen-bond donors (Lipinski definition) is 2. The standard InChI is InChI=1S/C12H22N6O/c1-8(2)12(19)6-18(7-12)5-9-14-10(13)16-11(15-9)17(3)4/h8,19H,5-7H2,1-4H3,(H2,13,14,15,16). The Morgan fingerprint density at radius 1 is 1.32 bits per heavy atom. The molecule has 0 spiro atoms. The normalized spacial score (nSPS) is 18.4. The van der Waals surface area contributed by atoms with Crippen molar-refractivity contribution in [3.8, 4) is 0 Å². The summed E-state index contributed by atoms with van der Waals surface area (Å²) >= 11 is 0. The van der Waals surface area contributed by atoms with Gasteiger partial charge in [0.2, 0.25) is 11.9 Å². The third-order valence-corrected chi connectivity index (χ3v) is 3.52. The fourth-order valence-electron chi connectivity index (χ4n) is 2.10. The van der Waals surface area contributed by atoms with Gasteiger partial charge in [-0.05, 0) is 5.92 Å². The first-order valence-corrected chi connectivity index (χ1v) is 6.42. The summed E-state index contributed by atoms with van der Waals surface area (Å²) in [6.45, 7) is 5.94. The number of aliphatic hydroxyl groups is 1. The number of nitrogen functional groups attached to an aromatic ring is 1. The van der Waals surface area contributed by atoms with E-state index in [4.69, 9.17) is 5.73 Å². The third kappa shape index (κ3) is 2.93. The Bertz CT molecular complexity index is 456. The van der Waals surface area contributed by atoms with Crippen LogP contribution in [0.5, 0.6) is 0 Å². The Hall–Kier alpha value is -1.47. The highest BCUT2D eigenvalue weighted by molar-refractivity contribution is 5.32. The van der Waals surface area contributed by atoms with Crippen LogP contribution in [0.2, 0.25) is 0 Å². The van der Waals surface area contributed by atoms with Crippen molar-refractivity contribution in [3.63, 3.8) is 0 Å². The molecule has 0 aromatic carbocycles. The lowest BCUT2D eigenvalue weighted by atomic mass is 9.83. The van der Waals surface area contributed by atoms with Gasteiger partial charge in [0.15, 0.2) is 0 Å². The molecule has 0 saturated carbocycles. The second-order valence-electron chi connectivity index (χ2n) is 5.71. The molecule has 2 rings (SSSR count). The van der Waals surface area contributed by atoms with Gasteiger partial charge in [0.1, 0.15) is 5.82 Å². The number of anilines is 2. The maximum absolute atomic E-state index is 10.2. The van der Waals surface area contributed by atoms with Gasteiger partial charge in [-0.1, -0.05) is 13.8 Å². The van der Waals surface area contributed by atoms with E-state index >= 15 is 0 Å². The molecule has 1 aliphatic rings. The average molecular weight is 266 g/mol. The SMILES string of the molecule is CC(C)C1(O)CN(Cc2nc(N)nc(N(C)C)n2)C1. The minimum absolute atomic E-state index is 0.230. The van der Waals surface area contributed by atoms with Crippen molar-refractivity contribution in [1.29, 1.82) is 0 Å². The van der Waals surface area contributed by atoms with E-state index in [1.807, 2.05) is 27.9 Å². The fourth-order valence-corrected chi connectivity index (χ4v) is 2.10. The van der Waals surface area contributed by atoms with Crippen LogP contribution in [-0.4, -0.2) is 57.7 Å². The highest BCUT2D eigenvalue weighted by Crippen LogP contribution is 2.29. The Morgan fingerprint density at radius 2 is 1.95 bits per heavy atom. The largest absolute Gasteiger partial charge is 0.387 e. The van der Waals surface area contributed by atoms with Crippen molar-refractivity contribution in [1.82, 2.24) is 19.9 Å². The van der Waals surface area contributed by atoms with Crippen LogP contribution in [0.4, 0.5) is 11.9 Å². The molecule has 1 saturated heterocycles. The molecule has 0 aliphatic carbocycles. The van der Waals surface area contributed by atoms with E-state index in [1.165, 1.54) is 0 Å². The van der Waals surface area contributed by atoms with Crippen LogP contribution < -0.4 is 10.6 Å². The van der Waals surface area contributed by atoms with Crippen LogP contribution in [0.3, 0.4) is 0 Å². The summed E-state index contributed by atoms with van der Waals surface area (Å²) in [5.74, 6) is 1.68. The Labute approximate surface area is 113 Å². The van der Waals surface area contributed by atoms with Crippen LogP contribution >= 0.6 is 0 Å². The third-order valence-electron chi connectivity index (χ3n) is 3.52. The van der Waals surface area contributed by atoms with Crippen molar-refractivity contribution in [2.45, 2.75) is 26.0 Å². The topological polar surface area (TPSA) is 91.4 Å². The predicted octanol–water partition coefficient (Wildman–Crippen LogP) is -0.277. The van der Waals surface area contributed by atoms with E-state index in [9.17, 15) is 5.11 Å². The molecule has 3 N–H and O–H groups in total. The van der Waals surface area contributed by atoms with E-state index in [2.05, 4.69) is 19.9 Å². The van der Waals surface area contributed by atoms with Gasteiger partial charge in [-0.3, -0.25) is 4.90 Å². The van der Waals surface area contributed by atoms with Crippen molar-refractivity contribution < 1.29 is 5.11 Å². The second kappa shape index (κ2) is 4.90. The van der Waals surface area contributed by atoms with Crippen molar-refractivity contribution in [2.24, 2.45) is 5.92 Å². The predicted molar refractivity (Wildman–Crippen MR) is 73.6 cm³/mol. The van der Waals surface area contributed by atoms with Gasteiger partial charge in [-0.2, -0.15) is 15.0 Å². The number of nitrogens with two attached hydrogens (primary N) is 1. The number of hydrogen-bond acceptors (Lipinski definition) is 7. The summed E-state index contributed by atoms with van der Waals surface area (Å²) in [5.41, 5.74) is 5.10. The van der Waals surface area contributed by atoms with Gasteiger partial charge >= 0.3 is 0 Å². The minimum atomic E-state index is -0.580. The van der Waals surface area contributed by atoms with E-state index < -0.39 is 5.60 Å². The molecule has 1 aromatic rings. The van der Waals surface area contributed by atoms with Crippen molar-refractivity contribution in [2.75, 3.05) is 37.8 Å². The molecule has 106 valence electrons. The molecule has 2 heterocycles. The van der Waals surface area contributed by atoms with Gasteiger partial charge in [0.25, 0.3) is 0 Å². The summed E-state index contributed by atoms with van der Waals surface area (Å²) < 4.78 is 0. The lowest BCUT2D eigenvalue weighted by molar-refractivity contribution is -0.131. The lowest BCUT2D eigenvalue weighted by Crippen LogP contribution is -2.63. The summed E-state index contributed by atoms with van der Waals surface area (Å²) in [6.07, 6.45) is 0. The molecule has 7 nitrogen and oxygen atoms in total. The number of β-amino-alcohol motifs (C(OH)–C–C–N with tert-alkyl or cyclic N) is 1. The van der Waals surface area contributed by atoms with Gasteiger partial charge in [-0.25, -0.2) is 0 Å². The molecule has 1 aromatic heterocycles. The molecule has 0 amide bonds. The second-order valence-corrected chi connectivity index (χ2v) is 5.71. The minimum Gasteiger partial charge on any atom is -0.387 e. The van der Waals surface area contributed by atoms with Crippen LogP contribution in [0.15, 0.2) is 0 Å². The quantitative estimate of drug-likeness (QED) is 0.774. The summed E-state index contributed by atoms with van der Waals surface area (Å²) in [5, 5.41) is 10.2. The van der Waals surface area contributed by atoms with E-state index in [-0.39, 0.29) is 11.9 Å². The molecule has 1 aliphatic heterocycles. The monoisotopic (exact) mass is 266 g/mol. The molecule has 1 fully saturated rings. The molecule has 7 heteroatoms.